The number of aryl methyl sites for hydroxylation is 1. The second-order valence-electron chi connectivity index (χ2n) is 5.22. The summed E-state index contributed by atoms with van der Waals surface area (Å²) in [5.74, 6) is -1.11. The van der Waals surface area contributed by atoms with Crippen LogP contribution in [0.5, 0.6) is 0 Å². The number of hydrogen-bond donors (Lipinski definition) is 2. The molecule has 118 valence electrons. The Bertz CT molecular complexity index is 553. The molecular weight excluding hydrogens is 292 g/mol. The molecule has 6 nitrogen and oxygen atoms in total. The maximum Gasteiger partial charge on any atom is 0.240 e. The van der Waals surface area contributed by atoms with Gasteiger partial charge in [0, 0.05) is 18.9 Å². The van der Waals surface area contributed by atoms with Gasteiger partial charge in [0.2, 0.25) is 10.0 Å². The highest BCUT2D eigenvalue weighted by molar-refractivity contribution is 7.89. The van der Waals surface area contributed by atoms with Crippen LogP contribution in [-0.2, 0) is 21.2 Å². The van der Waals surface area contributed by atoms with Crippen LogP contribution in [0.2, 0.25) is 0 Å². The van der Waals surface area contributed by atoms with Gasteiger partial charge in [-0.25, -0.2) is 13.1 Å². The van der Waals surface area contributed by atoms with Crippen molar-refractivity contribution in [2.75, 3.05) is 27.2 Å². The maximum atomic E-state index is 12.0. The fourth-order valence-electron chi connectivity index (χ4n) is 1.81. The largest absolute Gasteiger partial charge is 0.550 e. The minimum absolute atomic E-state index is 0.0722. The number of benzene rings is 1. The number of carbonyl (C=O) groups is 1. The van der Waals surface area contributed by atoms with E-state index >= 15 is 0 Å². The van der Waals surface area contributed by atoms with Crippen LogP contribution in [0.15, 0.2) is 29.2 Å². The summed E-state index contributed by atoms with van der Waals surface area (Å²) in [6.07, 6.45) is 1.03. The number of aliphatic carboxylic acids is 1. The Kier molecular flexibility index (Phi) is 6.80. The summed E-state index contributed by atoms with van der Waals surface area (Å²) in [5, 5.41) is 10.4. The minimum atomic E-state index is -3.49. The van der Waals surface area contributed by atoms with Crippen molar-refractivity contribution in [2.45, 2.75) is 24.2 Å². The van der Waals surface area contributed by atoms with Crippen molar-refractivity contribution >= 4 is 16.0 Å². The smallest absolute Gasteiger partial charge is 0.240 e. The van der Waals surface area contributed by atoms with Crippen LogP contribution in [0.1, 0.15) is 18.4 Å². The van der Waals surface area contributed by atoms with E-state index in [1.54, 1.807) is 12.1 Å². The molecule has 0 aromatic heterocycles. The number of carbonyl (C=O) groups excluding carboxylic acids is 1. The summed E-state index contributed by atoms with van der Waals surface area (Å²) in [7, 11) is 0.533. The molecular formula is C14H22N2O4S. The van der Waals surface area contributed by atoms with E-state index in [0.717, 1.165) is 18.5 Å². The first-order valence-electron chi connectivity index (χ1n) is 6.89. The second kappa shape index (κ2) is 8.11. The zero-order valence-corrected chi connectivity index (χ0v) is 13.2. The summed E-state index contributed by atoms with van der Waals surface area (Å²) in [5.41, 5.74) is 0.773. The summed E-state index contributed by atoms with van der Waals surface area (Å²) < 4.78 is 26.6. The molecule has 0 saturated heterocycles. The zero-order chi connectivity index (χ0) is 15.9. The SMILES string of the molecule is C[NH+](C)CCCNS(=O)(=O)c1ccc(CCC(=O)[O-])cc1. The zero-order valence-electron chi connectivity index (χ0n) is 12.4. The number of rotatable bonds is 9. The molecule has 2 N–H and O–H groups in total. The Morgan fingerprint density at radius 2 is 1.86 bits per heavy atom. The quantitative estimate of drug-likeness (QED) is 0.525. The molecule has 0 radical (unpaired) electrons. The number of quaternary nitrogens is 1. The highest BCUT2D eigenvalue weighted by Gasteiger charge is 2.13. The molecule has 0 bridgehead atoms. The first-order chi connectivity index (χ1) is 9.81. The van der Waals surface area contributed by atoms with Crippen LogP contribution in [0.4, 0.5) is 0 Å². The Labute approximate surface area is 125 Å². The monoisotopic (exact) mass is 314 g/mol. The van der Waals surface area contributed by atoms with Gasteiger partial charge in [0.15, 0.2) is 0 Å². The Balaban J connectivity index is 2.56. The van der Waals surface area contributed by atoms with E-state index in [2.05, 4.69) is 4.72 Å². The lowest BCUT2D eigenvalue weighted by molar-refractivity contribution is -0.858. The summed E-state index contributed by atoms with van der Waals surface area (Å²) in [6.45, 7) is 1.30. The number of hydrogen-bond acceptors (Lipinski definition) is 4. The molecule has 0 amide bonds. The van der Waals surface area contributed by atoms with E-state index in [0.29, 0.717) is 13.0 Å². The fourth-order valence-corrected chi connectivity index (χ4v) is 2.89. The molecule has 0 unspecified atom stereocenters. The first-order valence-corrected chi connectivity index (χ1v) is 8.37. The van der Waals surface area contributed by atoms with Crippen LogP contribution < -0.4 is 14.7 Å². The molecule has 0 heterocycles. The highest BCUT2D eigenvalue weighted by atomic mass is 32.2. The summed E-state index contributed by atoms with van der Waals surface area (Å²) in [4.78, 5) is 11.8. The molecule has 1 aromatic carbocycles. The van der Waals surface area contributed by atoms with Crippen LogP contribution in [0.25, 0.3) is 0 Å². The lowest BCUT2D eigenvalue weighted by Crippen LogP contribution is -3.05. The number of carboxylic acids is 1. The molecule has 1 rings (SSSR count). The van der Waals surface area contributed by atoms with Gasteiger partial charge < -0.3 is 14.8 Å². The third kappa shape index (κ3) is 6.70. The van der Waals surface area contributed by atoms with E-state index in [9.17, 15) is 18.3 Å². The Morgan fingerprint density at radius 3 is 2.38 bits per heavy atom. The maximum absolute atomic E-state index is 12.0. The average Bonchev–Trinajstić information content (AvgIpc) is 2.41. The van der Waals surface area contributed by atoms with Crippen molar-refractivity contribution in [1.82, 2.24) is 4.72 Å². The lowest BCUT2D eigenvalue weighted by Gasteiger charge is -2.09. The van der Waals surface area contributed by atoms with Crippen LogP contribution >= 0.6 is 0 Å². The van der Waals surface area contributed by atoms with Gasteiger partial charge in [0.1, 0.15) is 0 Å². The van der Waals surface area contributed by atoms with Crippen molar-refractivity contribution in [3.8, 4) is 0 Å². The molecule has 21 heavy (non-hydrogen) atoms. The number of nitrogens with one attached hydrogen (secondary N) is 2. The molecule has 0 aliphatic rings. The molecule has 0 aliphatic heterocycles. The molecule has 0 aliphatic carbocycles. The standard InChI is InChI=1S/C14H22N2O4S/c1-16(2)11-3-10-15-21(19,20)13-7-4-12(5-8-13)6-9-14(17)18/h4-5,7-8,15H,3,6,9-11H2,1-2H3,(H,17,18). The van der Waals surface area contributed by atoms with Crippen LogP contribution in [0.3, 0.4) is 0 Å². The van der Waals surface area contributed by atoms with Crippen molar-refractivity contribution in [2.24, 2.45) is 0 Å². The predicted octanol–water partition coefficient (Wildman–Crippen LogP) is -1.82. The van der Waals surface area contributed by atoms with Gasteiger partial charge in [-0.2, -0.15) is 0 Å². The number of carboxylic acid groups (broad SMARTS) is 1. The van der Waals surface area contributed by atoms with Gasteiger partial charge in [0.25, 0.3) is 0 Å². The van der Waals surface area contributed by atoms with E-state index in [-0.39, 0.29) is 11.3 Å². The second-order valence-corrected chi connectivity index (χ2v) is 6.99. The van der Waals surface area contributed by atoms with Gasteiger partial charge >= 0.3 is 0 Å². The fraction of sp³-hybridized carbons (Fsp3) is 0.500. The predicted molar refractivity (Wildman–Crippen MR) is 77.3 cm³/mol. The number of sulfonamides is 1. The van der Waals surface area contributed by atoms with Gasteiger partial charge in [-0.1, -0.05) is 12.1 Å². The Hall–Kier alpha value is -1.44. The molecule has 0 fully saturated rings. The molecule has 7 heteroatoms. The van der Waals surface area contributed by atoms with E-state index < -0.39 is 16.0 Å². The summed E-state index contributed by atoms with van der Waals surface area (Å²) >= 11 is 0. The van der Waals surface area contributed by atoms with Gasteiger partial charge in [-0.15, -0.1) is 0 Å². The molecule has 0 atom stereocenters. The topological polar surface area (TPSA) is 90.7 Å². The molecule has 0 saturated carbocycles. The van der Waals surface area contributed by atoms with Crippen molar-refractivity contribution in [3.05, 3.63) is 29.8 Å². The van der Waals surface area contributed by atoms with E-state index in [4.69, 9.17) is 0 Å². The highest BCUT2D eigenvalue weighted by Crippen LogP contribution is 2.11. The van der Waals surface area contributed by atoms with Gasteiger partial charge in [0.05, 0.1) is 25.5 Å². The third-order valence-corrected chi connectivity index (χ3v) is 4.47. The van der Waals surface area contributed by atoms with E-state index in [1.165, 1.54) is 17.0 Å². The lowest BCUT2D eigenvalue weighted by atomic mass is 10.1. The Morgan fingerprint density at radius 1 is 1.24 bits per heavy atom. The van der Waals surface area contributed by atoms with Gasteiger partial charge in [-0.3, -0.25) is 0 Å². The molecule has 0 spiro atoms. The average molecular weight is 314 g/mol. The van der Waals surface area contributed by atoms with Crippen molar-refractivity contribution in [1.29, 1.82) is 0 Å². The third-order valence-electron chi connectivity index (χ3n) is 3.00. The minimum Gasteiger partial charge on any atom is -0.550 e. The van der Waals surface area contributed by atoms with Crippen molar-refractivity contribution in [3.63, 3.8) is 0 Å². The summed E-state index contributed by atoms with van der Waals surface area (Å²) in [6, 6.07) is 6.23. The molecule has 1 aromatic rings. The van der Waals surface area contributed by atoms with Crippen LogP contribution in [-0.4, -0.2) is 41.6 Å². The van der Waals surface area contributed by atoms with Gasteiger partial charge in [-0.05, 0) is 30.5 Å². The normalized spacial score (nSPS) is 11.8. The first kappa shape index (κ1) is 17.6. The van der Waals surface area contributed by atoms with Crippen molar-refractivity contribution < 1.29 is 23.2 Å². The van der Waals surface area contributed by atoms with Crippen LogP contribution in [0, 0.1) is 0 Å². The van der Waals surface area contributed by atoms with E-state index in [1.807, 2.05) is 14.1 Å².